The van der Waals surface area contributed by atoms with Gasteiger partial charge in [-0.25, -0.2) is 34.9 Å². The van der Waals surface area contributed by atoms with Gasteiger partial charge in [-0.1, -0.05) is 265 Å². The van der Waals surface area contributed by atoms with Crippen LogP contribution in [0.2, 0.25) is 0 Å². The molecule has 12 aromatic rings. The van der Waals surface area contributed by atoms with Crippen molar-refractivity contribution in [3.05, 3.63) is 218 Å². The van der Waals surface area contributed by atoms with Gasteiger partial charge < -0.3 is 36.8 Å². The topological polar surface area (TPSA) is 252 Å². The summed E-state index contributed by atoms with van der Waals surface area (Å²) in [6.07, 6.45) is 27.3. The molecule has 0 unspecified atom stereocenters. The van der Waals surface area contributed by atoms with Gasteiger partial charge in [-0.15, -0.1) is 34.0 Å². The lowest BCUT2D eigenvalue weighted by atomic mass is 9.90. The molecule has 0 bridgehead atoms. The zero-order valence-electron chi connectivity index (χ0n) is 72.4. The quantitative estimate of drug-likeness (QED) is 0.143. The van der Waals surface area contributed by atoms with E-state index in [0.29, 0.717) is 5.41 Å². The van der Waals surface area contributed by atoms with Crippen LogP contribution in [0.3, 0.4) is 0 Å². The highest BCUT2D eigenvalue weighted by Crippen LogP contribution is 2.29. The summed E-state index contributed by atoms with van der Waals surface area (Å²) in [4.78, 5) is 39.8. The smallest absolute Gasteiger partial charge is 0.199 e. The first-order chi connectivity index (χ1) is 49.3. The van der Waals surface area contributed by atoms with Crippen LogP contribution in [0.5, 0.6) is 0 Å². The largest absolute Gasteiger partial charge is 0.451 e. The van der Waals surface area contributed by atoms with Crippen molar-refractivity contribution in [2.24, 2.45) is 0 Å². The number of nitrogens with zero attached hydrogens (tertiary/aromatic N) is 11. The van der Waals surface area contributed by atoms with Crippen LogP contribution < -0.4 is 0 Å². The number of imidazole rings is 2. The van der Waals surface area contributed by atoms with Crippen LogP contribution in [0.4, 0.5) is 0 Å². The Balaban J connectivity index is 0.000000589. The SMILES string of the molecule is CC(C)(C)c1ccno1.CC(C)(C)c1ccon1.CC(C)(C)c1ccsc1.CC(C)(C)c1cnc[nH]1.CC(C)(C)c1cnco1.CC(C)(C)c1cncs1.CC(C)(C)c1cnoc1.CC(C)(C)c1cocn1.CC(C)(C)c1cscn1.CC(C)(C)c1ncc[nH]1.CC(C)(C)c1ncco1.CC(C)(C)c1nccs1. The van der Waals surface area contributed by atoms with Crippen molar-refractivity contribution in [1.29, 1.82) is 0 Å². The second-order valence-electron chi connectivity index (χ2n) is 37.7. The molecule has 2 N–H and O–H groups in total. The molecule has 0 spiro atoms. The van der Waals surface area contributed by atoms with Crippen molar-refractivity contribution >= 4 is 45.3 Å². The van der Waals surface area contributed by atoms with Gasteiger partial charge in [0.2, 0.25) is 0 Å². The Morgan fingerprint density at radius 1 is 0.370 bits per heavy atom. The van der Waals surface area contributed by atoms with Crippen LogP contribution in [0.15, 0.2) is 178 Å². The summed E-state index contributed by atoms with van der Waals surface area (Å²) in [5, 5.41) is 20.7. The van der Waals surface area contributed by atoms with Gasteiger partial charge in [0.05, 0.1) is 64.2 Å². The zero-order valence-corrected chi connectivity index (χ0v) is 75.7. The molecule has 600 valence electrons. The highest BCUT2D eigenvalue weighted by molar-refractivity contribution is 7.10. The minimum atomic E-state index is 0.0451. The number of hydrogen-bond acceptors (Lipinski definition) is 21. The summed E-state index contributed by atoms with van der Waals surface area (Å²) in [6, 6.07) is 5.96. The summed E-state index contributed by atoms with van der Waals surface area (Å²) in [7, 11) is 0. The van der Waals surface area contributed by atoms with Crippen molar-refractivity contribution in [2.75, 3.05) is 0 Å². The molecule has 0 aromatic carbocycles. The minimum absolute atomic E-state index is 0.0451. The fourth-order valence-electron chi connectivity index (χ4n) is 7.34. The Morgan fingerprint density at radius 3 is 1.22 bits per heavy atom. The molecule has 12 aromatic heterocycles. The first kappa shape index (κ1) is 98.3. The van der Waals surface area contributed by atoms with Crippen molar-refractivity contribution in [3.63, 3.8) is 0 Å². The molecule has 0 saturated heterocycles. The number of H-pyrrole nitrogens is 2. The van der Waals surface area contributed by atoms with Crippen LogP contribution in [0.1, 0.15) is 316 Å². The van der Waals surface area contributed by atoms with E-state index in [0.717, 1.165) is 40.2 Å². The third-order valence-electron chi connectivity index (χ3n) is 14.5. The first-order valence-electron chi connectivity index (χ1n) is 36.3. The van der Waals surface area contributed by atoms with E-state index in [9.17, 15) is 0 Å². The van der Waals surface area contributed by atoms with Gasteiger partial charge in [0, 0.05) is 119 Å². The van der Waals surface area contributed by atoms with E-state index >= 15 is 0 Å². The van der Waals surface area contributed by atoms with Gasteiger partial charge in [-0.3, -0.25) is 4.98 Å². The molecule has 12 heterocycles. The van der Waals surface area contributed by atoms with Crippen molar-refractivity contribution in [1.82, 2.24) is 65.3 Å². The van der Waals surface area contributed by atoms with E-state index in [1.807, 2.05) is 53.3 Å². The zero-order chi connectivity index (χ0) is 82.9. The van der Waals surface area contributed by atoms with Gasteiger partial charge >= 0.3 is 0 Å². The number of aromatic nitrogens is 13. The molecule has 19 nitrogen and oxygen atoms in total. The molecule has 23 heteroatoms. The van der Waals surface area contributed by atoms with E-state index in [-0.39, 0.29) is 59.6 Å². The number of thiophene rings is 1. The summed E-state index contributed by atoms with van der Waals surface area (Å²) in [6.45, 7) is 76.9. The number of oxazole rings is 3. The highest BCUT2D eigenvalue weighted by atomic mass is 32.1. The minimum Gasteiger partial charge on any atom is -0.451 e. The number of thiazole rings is 3. The molecule has 0 amide bonds. The Bertz CT molecular complexity index is 3010. The normalized spacial score (nSPS) is 11.9. The molecule has 0 radical (unpaired) electrons. The number of hydrogen-bond donors (Lipinski definition) is 2. The van der Waals surface area contributed by atoms with Crippen molar-refractivity contribution < 1.29 is 26.8 Å². The highest BCUT2D eigenvalue weighted by Gasteiger charge is 2.23. The molecule has 0 aliphatic rings. The molecule has 0 aliphatic heterocycles. The second kappa shape index (κ2) is 43.6. The summed E-state index contributed by atoms with van der Waals surface area (Å²) < 4.78 is 29.3. The van der Waals surface area contributed by atoms with Gasteiger partial charge in [-0.2, -0.15) is 11.3 Å². The van der Waals surface area contributed by atoms with E-state index < -0.39 is 0 Å². The van der Waals surface area contributed by atoms with Crippen molar-refractivity contribution in [2.45, 2.75) is 314 Å². The Hall–Kier alpha value is -7.73. The Kier molecular flexibility index (Phi) is 39.7. The standard InChI is InChI=1S/C8H12S.2C7H12N2.6C7H11NO.3C7H11NS/c1-8(2,3)7-4-5-9-6-7;1-7(2,3)6-4-8-5-9-6;1-7(2,3)6-8-4-5-9-6;1-7(2,3)6-4-9-5-8-6;1-7(2,3)6-4-8-5-9-6;1-7(2,3)6-4-8-9-5-6;1-7(2,3)6-8-4-5-9-6;1-7(2,3)6-4-5-9-8-6;1-7(2,3)6-4-5-8-9-6;1-7(2,3)6-4-9-5-8-6;1-7(2,3)6-4-8-5-9-6;1-7(2,3)6-8-4-5-9-6/h4-6H,1-3H3;2*4-5H,1-3H3,(H,8,9);9*4-5H,1-3H3. The summed E-state index contributed by atoms with van der Waals surface area (Å²) in [5.74, 6) is 3.70. The molecule has 108 heavy (non-hydrogen) atoms. The average molecular weight is 1560 g/mol. The fourth-order valence-corrected chi connectivity index (χ4v) is 10.4. The number of aromatic amines is 2. The van der Waals surface area contributed by atoms with Crippen LogP contribution >= 0.6 is 45.3 Å². The molecule has 0 atom stereocenters. The predicted octanol–water partition coefficient (Wildman–Crippen LogP) is 25.6. The molecular weight excluding hydrogens is 1430 g/mol. The number of rotatable bonds is 0. The van der Waals surface area contributed by atoms with Gasteiger partial charge in [0.15, 0.2) is 18.7 Å². The maximum absolute atomic E-state index is 5.09. The Labute approximate surface area is 665 Å². The maximum Gasteiger partial charge on any atom is 0.199 e. The third kappa shape index (κ3) is 42.3. The lowest BCUT2D eigenvalue weighted by Gasteiger charge is -2.15. The molecule has 0 aliphatic carbocycles. The lowest BCUT2D eigenvalue weighted by molar-refractivity contribution is 0.329. The molecule has 0 saturated carbocycles. The fraction of sp³-hybridized carbons (Fsp3) is 0.565. The van der Waals surface area contributed by atoms with E-state index in [1.165, 1.54) is 39.6 Å². The van der Waals surface area contributed by atoms with Crippen LogP contribution in [-0.4, -0.2) is 65.3 Å². The first-order valence-corrected chi connectivity index (χ1v) is 40.0. The van der Waals surface area contributed by atoms with Gasteiger partial charge in [0.25, 0.3) is 0 Å². The van der Waals surface area contributed by atoms with E-state index in [4.69, 9.17) is 26.8 Å². The molecule has 12 rings (SSSR count). The predicted molar refractivity (Wildman–Crippen MR) is 451 cm³/mol. The molecule has 0 fully saturated rings. The second-order valence-corrected chi connectivity index (χ2v) is 41.0. The molecular formula is C85H135N13O6S4. The van der Waals surface area contributed by atoms with Crippen LogP contribution in [-0.2, 0) is 65.0 Å². The van der Waals surface area contributed by atoms with E-state index in [1.54, 1.807) is 108 Å². The summed E-state index contributed by atoms with van der Waals surface area (Å²) in [5.41, 5.74) is 12.8. The van der Waals surface area contributed by atoms with E-state index in [2.05, 4.69) is 337 Å². The Morgan fingerprint density at radius 2 is 1.00 bits per heavy atom. The summed E-state index contributed by atoms with van der Waals surface area (Å²) >= 11 is 6.86. The maximum atomic E-state index is 5.09. The van der Waals surface area contributed by atoms with Gasteiger partial charge in [-0.05, 0) is 38.6 Å². The lowest BCUT2D eigenvalue weighted by Crippen LogP contribution is -2.12. The average Bonchev–Trinajstić information content (AvgIpc) is 1.89. The van der Waals surface area contributed by atoms with Crippen LogP contribution in [0.25, 0.3) is 0 Å². The third-order valence-corrected chi connectivity index (χ3v) is 18.1. The van der Waals surface area contributed by atoms with Crippen molar-refractivity contribution in [3.8, 4) is 0 Å². The van der Waals surface area contributed by atoms with Gasteiger partial charge in [0.1, 0.15) is 42.4 Å². The monoisotopic (exact) mass is 1560 g/mol. The van der Waals surface area contributed by atoms with Crippen LogP contribution in [0, 0.1) is 0 Å². The number of nitrogens with one attached hydrogen (secondary N) is 2.